The Hall–Kier alpha value is -0.940. The van der Waals surface area contributed by atoms with Crippen molar-refractivity contribution in [3.05, 3.63) is 22.6 Å². The van der Waals surface area contributed by atoms with Gasteiger partial charge in [-0.15, -0.1) is 0 Å². The molecule has 2 atom stereocenters. The van der Waals surface area contributed by atoms with Gasteiger partial charge in [-0.3, -0.25) is 0 Å². The normalized spacial score (nSPS) is 25.4. The Morgan fingerprint density at radius 2 is 2.44 bits per heavy atom. The first-order chi connectivity index (χ1) is 7.72. The zero-order chi connectivity index (χ0) is 11.1. The molecule has 0 saturated carbocycles. The second-order valence-corrected chi connectivity index (χ2v) is 5.14. The number of hydrogen-bond acceptors (Lipinski definition) is 3. The van der Waals surface area contributed by atoms with Gasteiger partial charge in [-0.05, 0) is 35.3 Å². The summed E-state index contributed by atoms with van der Waals surface area (Å²) in [4.78, 5) is 12.1. The van der Waals surface area contributed by atoms with Crippen molar-refractivity contribution in [3.63, 3.8) is 0 Å². The lowest BCUT2D eigenvalue weighted by Gasteiger charge is -2.01. The van der Waals surface area contributed by atoms with E-state index in [0.717, 1.165) is 34.5 Å². The molecule has 1 fully saturated rings. The van der Waals surface area contributed by atoms with Crippen LogP contribution in [0.2, 0.25) is 0 Å². The quantitative estimate of drug-likeness (QED) is 0.874. The fourth-order valence-electron chi connectivity index (χ4n) is 2.09. The number of hydrogen-bond donors (Lipinski definition) is 1. The number of H-pyrrole nitrogens is 1. The van der Waals surface area contributed by atoms with Crippen molar-refractivity contribution in [2.24, 2.45) is 0 Å². The van der Waals surface area contributed by atoms with E-state index in [1.54, 1.807) is 6.20 Å². The number of ether oxygens (including phenoxy) is 1. The molecule has 1 N–H and O–H groups in total. The average Bonchev–Trinajstić information content (AvgIpc) is 2.83. The Bertz CT molecular complexity index is 525. The molecular formula is C11H12BrN3O. The molecule has 2 unspecified atom stereocenters. The SMILES string of the molecule is CC1CC(c2nc3ncc(Br)cc3[nH]2)CO1. The Morgan fingerprint density at radius 3 is 3.19 bits per heavy atom. The minimum absolute atomic E-state index is 0.331. The molecule has 0 aliphatic carbocycles. The number of fused-ring (bicyclic) bond motifs is 1. The van der Waals surface area contributed by atoms with Crippen LogP contribution in [0.1, 0.15) is 25.1 Å². The van der Waals surface area contributed by atoms with Crippen LogP contribution in [0.15, 0.2) is 16.7 Å². The van der Waals surface area contributed by atoms with Crippen molar-refractivity contribution in [2.75, 3.05) is 6.61 Å². The zero-order valence-electron chi connectivity index (χ0n) is 8.90. The van der Waals surface area contributed by atoms with E-state index in [4.69, 9.17) is 4.74 Å². The monoisotopic (exact) mass is 281 g/mol. The predicted octanol–water partition coefficient (Wildman–Crippen LogP) is 2.61. The van der Waals surface area contributed by atoms with Gasteiger partial charge in [0.05, 0.1) is 18.2 Å². The lowest BCUT2D eigenvalue weighted by atomic mass is 10.1. The van der Waals surface area contributed by atoms with Crippen LogP contribution in [0.5, 0.6) is 0 Å². The van der Waals surface area contributed by atoms with Gasteiger partial charge in [-0.25, -0.2) is 9.97 Å². The smallest absolute Gasteiger partial charge is 0.177 e. The molecule has 2 aromatic rings. The van der Waals surface area contributed by atoms with Crippen LogP contribution in [0.25, 0.3) is 11.2 Å². The number of halogens is 1. The van der Waals surface area contributed by atoms with Crippen molar-refractivity contribution >= 4 is 27.1 Å². The summed E-state index contributed by atoms with van der Waals surface area (Å²) in [5.74, 6) is 1.37. The molecule has 0 radical (unpaired) electrons. The summed E-state index contributed by atoms with van der Waals surface area (Å²) in [6.07, 6.45) is 3.12. The van der Waals surface area contributed by atoms with Gasteiger partial charge in [-0.1, -0.05) is 0 Å². The summed E-state index contributed by atoms with van der Waals surface area (Å²) in [5, 5.41) is 0. The second-order valence-electron chi connectivity index (χ2n) is 4.22. The number of aromatic nitrogens is 3. The third-order valence-corrected chi connectivity index (χ3v) is 3.34. The fourth-order valence-corrected chi connectivity index (χ4v) is 2.43. The van der Waals surface area contributed by atoms with Crippen LogP contribution in [0.4, 0.5) is 0 Å². The van der Waals surface area contributed by atoms with Crippen LogP contribution in [-0.4, -0.2) is 27.7 Å². The molecule has 0 amide bonds. The first kappa shape index (κ1) is 10.2. The Morgan fingerprint density at radius 1 is 1.56 bits per heavy atom. The number of rotatable bonds is 1. The first-order valence-electron chi connectivity index (χ1n) is 5.35. The van der Waals surface area contributed by atoms with Gasteiger partial charge < -0.3 is 9.72 Å². The van der Waals surface area contributed by atoms with E-state index in [0.29, 0.717) is 12.0 Å². The first-order valence-corrected chi connectivity index (χ1v) is 6.14. The van der Waals surface area contributed by atoms with Gasteiger partial charge >= 0.3 is 0 Å². The largest absolute Gasteiger partial charge is 0.378 e. The van der Waals surface area contributed by atoms with E-state index in [1.807, 2.05) is 6.07 Å². The van der Waals surface area contributed by atoms with Crippen LogP contribution in [-0.2, 0) is 4.74 Å². The van der Waals surface area contributed by atoms with E-state index < -0.39 is 0 Å². The van der Waals surface area contributed by atoms with E-state index >= 15 is 0 Å². The molecule has 4 nitrogen and oxygen atoms in total. The van der Waals surface area contributed by atoms with Crippen LogP contribution < -0.4 is 0 Å². The predicted molar refractivity (Wildman–Crippen MR) is 64.4 cm³/mol. The summed E-state index contributed by atoms with van der Waals surface area (Å²) < 4.78 is 6.51. The topological polar surface area (TPSA) is 50.8 Å². The van der Waals surface area contributed by atoms with Gasteiger partial charge in [0, 0.05) is 16.6 Å². The summed E-state index contributed by atoms with van der Waals surface area (Å²) in [5.41, 5.74) is 1.75. The van der Waals surface area contributed by atoms with Gasteiger partial charge in [0.2, 0.25) is 0 Å². The highest BCUT2D eigenvalue weighted by molar-refractivity contribution is 9.10. The van der Waals surface area contributed by atoms with E-state index in [9.17, 15) is 0 Å². The minimum atomic E-state index is 0.331. The van der Waals surface area contributed by atoms with Crippen molar-refractivity contribution in [1.82, 2.24) is 15.0 Å². The Balaban J connectivity index is 1.99. The molecule has 5 heteroatoms. The maximum atomic E-state index is 5.55. The molecule has 16 heavy (non-hydrogen) atoms. The molecule has 0 bridgehead atoms. The summed E-state index contributed by atoms with van der Waals surface area (Å²) in [7, 11) is 0. The molecule has 0 aromatic carbocycles. The van der Waals surface area contributed by atoms with E-state index in [1.165, 1.54) is 0 Å². The number of imidazole rings is 1. The molecule has 0 spiro atoms. The summed E-state index contributed by atoms with van der Waals surface area (Å²) in [6.45, 7) is 2.85. The van der Waals surface area contributed by atoms with Crippen molar-refractivity contribution in [2.45, 2.75) is 25.4 Å². The summed E-state index contributed by atoms with van der Waals surface area (Å²) >= 11 is 3.40. The molecule has 1 aliphatic heterocycles. The van der Waals surface area contributed by atoms with Gasteiger partial charge in [0.15, 0.2) is 5.65 Å². The minimum Gasteiger partial charge on any atom is -0.378 e. The number of pyridine rings is 1. The molecule has 1 saturated heterocycles. The highest BCUT2D eigenvalue weighted by Crippen LogP contribution is 2.28. The van der Waals surface area contributed by atoms with Gasteiger partial charge in [0.1, 0.15) is 5.82 Å². The van der Waals surface area contributed by atoms with Crippen molar-refractivity contribution < 1.29 is 4.74 Å². The maximum absolute atomic E-state index is 5.55. The Kier molecular flexibility index (Phi) is 2.44. The third kappa shape index (κ3) is 1.74. The van der Waals surface area contributed by atoms with Crippen LogP contribution in [0, 0.1) is 0 Å². The molecule has 2 aromatic heterocycles. The number of nitrogens with one attached hydrogen (secondary N) is 1. The molecule has 3 heterocycles. The van der Waals surface area contributed by atoms with Gasteiger partial charge in [0.25, 0.3) is 0 Å². The number of nitrogens with zero attached hydrogens (tertiary/aromatic N) is 2. The van der Waals surface area contributed by atoms with Crippen molar-refractivity contribution in [3.8, 4) is 0 Å². The standard InChI is InChI=1S/C11H12BrN3O/c1-6-2-7(5-16-6)10-14-9-3-8(12)4-13-11(9)15-10/h3-4,6-7H,2,5H2,1H3,(H,13,14,15). The molecule has 1 aliphatic rings. The molecule has 3 rings (SSSR count). The average molecular weight is 282 g/mol. The highest BCUT2D eigenvalue weighted by Gasteiger charge is 2.26. The lowest BCUT2D eigenvalue weighted by molar-refractivity contribution is 0.123. The molecular weight excluding hydrogens is 270 g/mol. The maximum Gasteiger partial charge on any atom is 0.177 e. The third-order valence-electron chi connectivity index (χ3n) is 2.91. The molecule has 84 valence electrons. The van der Waals surface area contributed by atoms with E-state index in [-0.39, 0.29) is 0 Å². The number of aromatic amines is 1. The van der Waals surface area contributed by atoms with E-state index in [2.05, 4.69) is 37.8 Å². The van der Waals surface area contributed by atoms with Crippen LogP contribution >= 0.6 is 15.9 Å². The Labute approximate surface area is 102 Å². The van der Waals surface area contributed by atoms with Gasteiger partial charge in [-0.2, -0.15) is 0 Å². The fraction of sp³-hybridized carbons (Fsp3) is 0.455. The van der Waals surface area contributed by atoms with Crippen molar-refractivity contribution in [1.29, 1.82) is 0 Å². The summed E-state index contributed by atoms with van der Waals surface area (Å²) in [6, 6.07) is 2.00. The highest BCUT2D eigenvalue weighted by atomic mass is 79.9. The second kappa shape index (κ2) is 3.82. The van der Waals surface area contributed by atoms with Crippen LogP contribution in [0.3, 0.4) is 0 Å². The lowest BCUT2D eigenvalue weighted by Crippen LogP contribution is -2.00. The zero-order valence-corrected chi connectivity index (χ0v) is 10.5.